The van der Waals surface area contributed by atoms with Crippen LogP contribution in [0.3, 0.4) is 0 Å². The second-order valence-corrected chi connectivity index (χ2v) is 3.66. The Morgan fingerprint density at radius 2 is 2.23 bits per heavy atom. The Balaban J connectivity index is 1.87. The van der Waals surface area contributed by atoms with Crippen LogP contribution in [-0.2, 0) is 9.59 Å². The van der Waals surface area contributed by atoms with E-state index in [1.807, 2.05) is 0 Å². The van der Waals surface area contributed by atoms with E-state index < -0.39 is 0 Å². The lowest BCUT2D eigenvalue weighted by Gasteiger charge is -2.38. The Bertz CT molecular complexity index is 248. The first-order chi connectivity index (χ1) is 6.16. The van der Waals surface area contributed by atoms with Gasteiger partial charge in [-0.25, -0.2) is 0 Å². The van der Waals surface area contributed by atoms with Gasteiger partial charge >= 0.3 is 0 Å². The highest BCUT2D eigenvalue weighted by molar-refractivity contribution is 5.91. The van der Waals surface area contributed by atoms with E-state index in [9.17, 15) is 9.59 Å². The smallest absolute Gasteiger partial charge is 0.245 e. The summed E-state index contributed by atoms with van der Waals surface area (Å²) in [5, 5.41) is 2.65. The van der Waals surface area contributed by atoms with Crippen molar-refractivity contribution in [1.82, 2.24) is 10.2 Å². The molecule has 2 fully saturated rings. The Hall–Kier alpha value is -1.10. The van der Waals surface area contributed by atoms with Crippen molar-refractivity contribution in [3.63, 3.8) is 0 Å². The van der Waals surface area contributed by atoms with Gasteiger partial charge in [0.25, 0.3) is 0 Å². The number of carbonyl (C=O) groups excluding carboxylic acids is 2. The molecule has 1 atom stereocenters. The van der Waals surface area contributed by atoms with Crippen molar-refractivity contribution in [3.05, 3.63) is 0 Å². The molecule has 2 heterocycles. The number of hydrogen-bond donors (Lipinski definition) is 2. The molecule has 3 N–H and O–H groups in total. The summed E-state index contributed by atoms with van der Waals surface area (Å²) in [7, 11) is 0. The molecule has 2 amide bonds. The molecule has 0 aliphatic carbocycles. The van der Waals surface area contributed by atoms with E-state index in [1.165, 1.54) is 0 Å². The molecule has 72 valence electrons. The lowest BCUT2D eigenvalue weighted by atomic mass is 10.1. The summed E-state index contributed by atoms with van der Waals surface area (Å²) in [5.74, 6) is -0.00396. The predicted molar refractivity (Wildman–Crippen MR) is 45.7 cm³/mol. The van der Waals surface area contributed by atoms with Crippen LogP contribution in [0.15, 0.2) is 0 Å². The monoisotopic (exact) mass is 183 g/mol. The van der Waals surface area contributed by atoms with Gasteiger partial charge in [0, 0.05) is 25.6 Å². The third kappa shape index (κ3) is 1.51. The van der Waals surface area contributed by atoms with Gasteiger partial charge in [0.15, 0.2) is 0 Å². The van der Waals surface area contributed by atoms with Crippen LogP contribution >= 0.6 is 0 Å². The SMILES string of the molecule is NC1CN(C(=O)C2CCC(=O)N2)C1. The van der Waals surface area contributed by atoms with Crippen LogP contribution in [-0.4, -0.2) is 41.9 Å². The fourth-order valence-electron chi connectivity index (χ4n) is 1.71. The second kappa shape index (κ2) is 2.99. The summed E-state index contributed by atoms with van der Waals surface area (Å²) in [6.07, 6.45) is 1.10. The largest absolute Gasteiger partial charge is 0.344 e. The lowest BCUT2D eigenvalue weighted by Crippen LogP contribution is -2.61. The maximum absolute atomic E-state index is 11.6. The molecule has 0 saturated carbocycles. The van der Waals surface area contributed by atoms with Crippen LogP contribution in [0, 0.1) is 0 Å². The molecule has 0 bridgehead atoms. The van der Waals surface area contributed by atoms with Crippen LogP contribution in [0.25, 0.3) is 0 Å². The molecule has 2 rings (SSSR count). The van der Waals surface area contributed by atoms with Crippen molar-refractivity contribution >= 4 is 11.8 Å². The van der Waals surface area contributed by atoms with Gasteiger partial charge in [-0.15, -0.1) is 0 Å². The number of carbonyl (C=O) groups is 2. The first kappa shape index (κ1) is 8.50. The molecule has 0 spiro atoms. The van der Waals surface area contributed by atoms with E-state index in [4.69, 9.17) is 5.73 Å². The summed E-state index contributed by atoms with van der Waals surface area (Å²) in [6, 6.07) is -0.166. The first-order valence-corrected chi connectivity index (χ1v) is 4.50. The van der Waals surface area contributed by atoms with Gasteiger partial charge in [0.05, 0.1) is 0 Å². The summed E-state index contributed by atoms with van der Waals surface area (Å²) < 4.78 is 0. The number of hydrogen-bond acceptors (Lipinski definition) is 3. The fourth-order valence-corrected chi connectivity index (χ4v) is 1.71. The van der Waals surface area contributed by atoms with Crippen LogP contribution < -0.4 is 11.1 Å². The average molecular weight is 183 g/mol. The highest BCUT2D eigenvalue weighted by atomic mass is 16.2. The molecule has 0 aromatic rings. The topological polar surface area (TPSA) is 75.4 Å². The summed E-state index contributed by atoms with van der Waals surface area (Å²) in [5.41, 5.74) is 5.55. The number of nitrogens with zero attached hydrogens (tertiary/aromatic N) is 1. The third-order valence-electron chi connectivity index (χ3n) is 2.51. The van der Waals surface area contributed by atoms with Crippen LogP contribution in [0.2, 0.25) is 0 Å². The van der Waals surface area contributed by atoms with Crippen molar-refractivity contribution in [2.24, 2.45) is 5.73 Å². The van der Waals surface area contributed by atoms with E-state index in [-0.39, 0.29) is 23.9 Å². The summed E-state index contributed by atoms with van der Waals surface area (Å²) in [4.78, 5) is 24.1. The van der Waals surface area contributed by atoms with E-state index in [0.29, 0.717) is 25.9 Å². The van der Waals surface area contributed by atoms with Crippen LogP contribution in [0.1, 0.15) is 12.8 Å². The quantitative estimate of drug-likeness (QED) is 0.516. The normalized spacial score (nSPS) is 28.5. The maximum Gasteiger partial charge on any atom is 0.245 e. The van der Waals surface area contributed by atoms with E-state index >= 15 is 0 Å². The van der Waals surface area contributed by atoms with E-state index in [0.717, 1.165) is 0 Å². The molecule has 5 nitrogen and oxygen atoms in total. The zero-order valence-electron chi connectivity index (χ0n) is 7.32. The summed E-state index contributed by atoms with van der Waals surface area (Å²) in [6.45, 7) is 1.26. The van der Waals surface area contributed by atoms with Crippen molar-refractivity contribution in [2.75, 3.05) is 13.1 Å². The zero-order chi connectivity index (χ0) is 9.42. The molecule has 2 aliphatic heterocycles. The van der Waals surface area contributed by atoms with Gasteiger partial charge in [-0.3, -0.25) is 9.59 Å². The average Bonchev–Trinajstić information content (AvgIpc) is 2.45. The van der Waals surface area contributed by atoms with Gasteiger partial charge in [-0.1, -0.05) is 0 Å². The molecule has 0 radical (unpaired) electrons. The third-order valence-corrected chi connectivity index (χ3v) is 2.51. The molecular formula is C8H13N3O2. The van der Waals surface area contributed by atoms with Gasteiger partial charge in [-0.05, 0) is 6.42 Å². The maximum atomic E-state index is 11.6. The Kier molecular flexibility index (Phi) is 1.95. The highest BCUT2D eigenvalue weighted by Crippen LogP contribution is 2.13. The minimum absolute atomic E-state index is 0.0209. The predicted octanol–water partition coefficient (Wildman–Crippen LogP) is -1.57. The standard InChI is InChI=1S/C8H13N3O2/c9-5-3-11(4-5)8(13)6-1-2-7(12)10-6/h5-6H,1-4,9H2,(H,10,12). The molecule has 1 unspecified atom stereocenters. The number of amides is 2. The number of likely N-dealkylation sites (tertiary alicyclic amines) is 1. The minimum atomic E-state index is -0.292. The van der Waals surface area contributed by atoms with Gasteiger partial charge in [0.2, 0.25) is 11.8 Å². The molecule has 5 heteroatoms. The number of rotatable bonds is 1. The van der Waals surface area contributed by atoms with Crippen LogP contribution in [0.5, 0.6) is 0 Å². The minimum Gasteiger partial charge on any atom is -0.344 e. The van der Waals surface area contributed by atoms with Crippen molar-refractivity contribution in [1.29, 1.82) is 0 Å². The molecule has 2 aliphatic rings. The van der Waals surface area contributed by atoms with Gasteiger partial charge < -0.3 is 16.0 Å². The van der Waals surface area contributed by atoms with Crippen LogP contribution in [0.4, 0.5) is 0 Å². The molecule has 2 saturated heterocycles. The molecule has 0 aromatic carbocycles. The molecule has 0 aromatic heterocycles. The van der Waals surface area contributed by atoms with E-state index in [2.05, 4.69) is 5.32 Å². The second-order valence-electron chi connectivity index (χ2n) is 3.66. The lowest BCUT2D eigenvalue weighted by molar-refractivity contribution is -0.138. The Labute approximate surface area is 76.3 Å². The zero-order valence-corrected chi connectivity index (χ0v) is 7.32. The first-order valence-electron chi connectivity index (χ1n) is 4.50. The fraction of sp³-hybridized carbons (Fsp3) is 0.750. The highest BCUT2D eigenvalue weighted by Gasteiger charge is 2.35. The van der Waals surface area contributed by atoms with Gasteiger partial charge in [-0.2, -0.15) is 0 Å². The molecular weight excluding hydrogens is 170 g/mol. The Morgan fingerprint density at radius 3 is 2.69 bits per heavy atom. The van der Waals surface area contributed by atoms with Crippen molar-refractivity contribution in [3.8, 4) is 0 Å². The summed E-state index contributed by atoms with van der Waals surface area (Å²) >= 11 is 0. The van der Waals surface area contributed by atoms with Crippen molar-refractivity contribution in [2.45, 2.75) is 24.9 Å². The molecule has 13 heavy (non-hydrogen) atoms. The number of nitrogens with one attached hydrogen (secondary N) is 1. The Morgan fingerprint density at radius 1 is 1.54 bits per heavy atom. The van der Waals surface area contributed by atoms with Crippen molar-refractivity contribution < 1.29 is 9.59 Å². The van der Waals surface area contributed by atoms with Gasteiger partial charge in [0.1, 0.15) is 6.04 Å². The van der Waals surface area contributed by atoms with E-state index in [1.54, 1.807) is 4.90 Å². The number of nitrogens with two attached hydrogens (primary N) is 1.